The van der Waals surface area contributed by atoms with Crippen molar-refractivity contribution in [2.75, 3.05) is 26.9 Å². The Labute approximate surface area is 332 Å². The van der Waals surface area contributed by atoms with Crippen molar-refractivity contribution in [1.82, 2.24) is 4.90 Å². The average Bonchev–Trinajstić information content (AvgIpc) is 3.69. The van der Waals surface area contributed by atoms with Crippen molar-refractivity contribution in [3.05, 3.63) is 168 Å². The number of amides is 1. The minimum atomic E-state index is -4.41. The number of hydrogen-bond acceptors (Lipinski definition) is 11. The molecule has 12 nitrogen and oxygen atoms in total. The van der Waals surface area contributed by atoms with Crippen molar-refractivity contribution in [2.24, 2.45) is 0 Å². The highest BCUT2D eigenvalue weighted by molar-refractivity contribution is 7.48. The summed E-state index contributed by atoms with van der Waals surface area (Å²) in [6.45, 7) is -0.238. The van der Waals surface area contributed by atoms with Crippen molar-refractivity contribution in [3.8, 4) is 11.5 Å². The smallest absolute Gasteiger partial charge is 0.475 e. The Kier molecular flexibility index (Phi) is 15.3. The van der Waals surface area contributed by atoms with Gasteiger partial charge < -0.3 is 23.7 Å². The van der Waals surface area contributed by atoms with E-state index in [-0.39, 0.29) is 52.6 Å². The van der Waals surface area contributed by atoms with Crippen LogP contribution >= 0.6 is 7.82 Å². The predicted octanol–water partition coefficient (Wildman–Crippen LogP) is 8.54. The van der Waals surface area contributed by atoms with Crippen molar-refractivity contribution in [2.45, 2.75) is 51.1 Å². The molecule has 0 radical (unpaired) electrons. The van der Waals surface area contributed by atoms with Gasteiger partial charge in [0.2, 0.25) is 0 Å². The quantitative estimate of drug-likeness (QED) is 0.0555. The minimum absolute atomic E-state index is 0.000637. The zero-order valence-electron chi connectivity index (χ0n) is 31.6. The molecule has 1 aliphatic rings. The zero-order chi connectivity index (χ0) is 39.7. The molecule has 57 heavy (non-hydrogen) atoms. The average molecular weight is 796 g/mol. The number of phosphoric ester groups is 1. The number of nitrogens with zero attached hydrogens (tertiary/aromatic N) is 1. The first-order valence-corrected chi connectivity index (χ1v) is 20.0. The summed E-state index contributed by atoms with van der Waals surface area (Å²) in [5.74, 6) is 0.588. The lowest BCUT2D eigenvalue weighted by Crippen LogP contribution is -2.41. The third-order valence-corrected chi connectivity index (χ3v) is 10.4. The standard InChI is InChI=1S/C44H46NO11P/c1-49-38-22-24-39(25-23-38)51-32-41(50-28-34-14-6-2-7-15-34)33-55-57(48,54-31-37-20-12-5-13-21-37)56-40-26-42(43(46)52-29-35-16-8-3-9-17-35)45(27-40)44(47)53-30-36-18-10-4-11-19-36/h2-25,40-42H,26-33H2,1H3/t40-,41+,42+,57?/m0/s1. The van der Waals surface area contributed by atoms with Crippen LogP contribution in [0.5, 0.6) is 11.5 Å². The van der Waals surface area contributed by atoms with E-state index in [1.165, 1.54) is 4.90 Å². The molecular weight excluding hydrogens is 749 g/mol. The van der Waals surface area contributed by atoms with E-state index in [1.54, 1.807) is 31.4 Å². The number of esters is 1. The predicted molar refractivity (Wildman–Crippen MR) is 211 cm³/mol. The number of carbonyl (C=O) groups excluding carboxylic acids is 2. The SMILES string of the molecule is COc1ccc(OC[C@H](COP(=O)(OCc2ccccc2)O[C@H]2C[C@H](C(=O)OCc3ccccc3)N(C(=O)OCc3ccccc3)C2)OCc2ccccc2)cc1. The molecule has 1 saturated heterocycles. The summed E-state index contributed by atoms with van der Waals surface area (Å²) in [6.07, 6.45) is -2.48. The Morgan fingerprint density at radius 2 is 1.14 bits per heavy atom. The van der Waals surface area contributed by atoms with Crippen LogP contribution in [-0.4, -0.2) is 62.1 Å². The van der Waals surface area contributed by atoms with Crippen LogP contribution in [0.2, 0.25) is 0 Å². The van der Waals surface area contributed by atoms with Crippen molar-refractivity contribution < 1.29 is 51.4 Å². The largest absolute Gasteiger partial charge is 0.497 e. The summed E-state index contributed by atoms with van der Waals surface area (Å²) in [5, 5.41) is 0. The fraction of sp³-hybridized carbons (Fsp3) is 0.273. The van der Waals surface area contributed by atoms with Crippen LogP contribution in [0.15, 0.2) is 146 Å². The lowest BCUT2D eigenvalue weighted by Gasteiger charge is -2.25. The van der Waals surface area contributed by atoms with Gasteiger partial charge in [0.05, 0.1) is 39.6 Å². The molecular formula is C44H46NO11P. The van der Waals surface area contributed by atoms with Gasteiger partial charge in [-0.15, -0.1) is 0 Å². The van der Waals surface area contributed by atoms with Gasteiger partial charge in [-0.3, -0.25) is 18.5 Å². The second kappa shape index (κ2) is 21.2. The van der Waals surface area contributed by atoms with E-state index in [9.17, 15) is 14.2 Å². The number of ether oxygens (including phenoxy) is 5. The van der Waals surface area contributed by atoms with E-state index in [2.05, 4.69) is 0 Å². The van der Waals surface area contributed by atoms with E-state index in [1.807, 2.05) is 121 Å². The normalized spacial score (nSPS) is 16.6. The maximum absolute atomic E-state index is 14.6. The fourth-order valence-corrected chi connectivity index (χ4v) is 7.27. The molecule has 0 N–H and O–H groups in total. The molecule has 1 heterocycles. The van der Waals surface area contributed by atoms with Crippen LogP contribution < -0.4 is 9.47 Å². The molecule has 1 amide bonds. The first-order chi connectivity index (χ1) is 27.9. The van der Waals surface area contributed by atoms with E-state index in [4.69, 9.17) is 37.3 Å². The Morgan fingerprint density at radius 1 is 0.632 bits per heavy atom. The summed E-state index contributed by atoms with van der Waals surface area (Å²) >= 11 is 0. The number of hydrogen-bond donors (Lipinski definition) is 0. The van der Waals surface area contributed by atoms with Gasteiger partial charge in [-0.05, 0) is 46.5 Å². The lowest BCUT2D eigenvalue weighted by molar-refractivity contribution is -0.149. The third-order valence-electron chi connectivity index (χ3n) is 8.95. The molecule has 13 heteroatoms. The lowest BCUT2D eigenvalue weighted by atomic mass is 10.2. The topological polar surface area (TPSA) is 128 Å². The summed E-state index contributed by atoms with van der Waals surface area (Å²) in [4.78, 5) is 28.3. The summed E-state index contributed by atoms with van der Waals surface area (Å²) in [6, 6.07) is 43.1. The first kappa shape index (κ1) is 41.2. The summed E-state index contributed by atoms with van der Waals surface area (Å²) in [5.41, 5.74) is 3.20. The summed E-state index contributed by atoms with van der Waals surface area (Å²) < 4.78 is 61.5. The number of methoxy groups -OCH3 is 1. The van der Waals surface area contributed by atoms with E-state index in [0.717, 1.165) is 22.3 Å². The first-order valence-electron chi connectivity index (χ1n) is 18.6. The third kappa shape index (κ3) is 13.0. The van der Waals surface area contributed by atoms with Crippen LogP contribution in [0.25, 0.3) is 0 Å². The van der Waals surface area contributed by atoms with Gasteiger partial charge in [-0.25, -0.2) is 14.2 Å². The molecule has 5 aromatic carbocycles. The molecule has 6 rings (SSSR count). The minimum Gasteiger partial charge on any atom is -0.497 e. The number of carbonyl (C=O) groups is 2. The van der Waals surface area contributed by atoms with Gasteiger partial charge in [0.25, 0.3) is 0 Å². The van der Waals surface area contributed by atoms with Gasteiger partial charge in [0.15, 0.2) is 0 Å². The maximum atomic E-state index is 14.6. The van der Waals surface area contributed by atoms with E-state index >= 15 is 0 Å². The molecule has 1 aliphatic heterocycles. The molecule has 5 aromatic rings. The van der Waals surface area contributed by atoms with Crippen LogP contribution in [-0.2, 0) is 63.6 Å². The van der Waals surface area contributed by atoms with Gasteiger partial charge >= 0.3 is 19.9 Å². The Balaban J connectivity index is 1.18. The Morgan fingerprint density at radius 3 is 1.70 bits per heavy atom. The molecule has 0 aromatic heterocycles. The number of rotatable bonds is 20. The van der Waals surface area contributed by atoms with E-state index < -0.39 is 38.1 Å². The Hall–Kier alpha value is -5.49. The van der Waals surface area contributed by atoms with Crippen LogP contribution in [0.4, 0.5) is 4.79 Å². The number of likely N-dealkylation sites (tertiary alicyclic amines) is 1. The van der Waals surface area contributed by atoms with Crippen molar-refractivity contribution in [1.29, 1.82) is 0 Å². The van der Waals surface area contributed by atoms with Gasteiger partial charge in [0, 0.05) is 6.42 Å². The molecule has 0 spiro atoms. The van der Waals surface area contributed by atoms with Crippen LogP contribution in [0.3, 0.4) is 0 Å². The molecule has 0 bridgehead atoms. The fourth-order valence-electron chi connectivity index (χ4n) is 5.90. The molecule has 298 valence electrons. The number of phosphoric acid groups is 1. The molecule has 0 aliphatic carbocycles. The van der Waals surface area contributed by atoms with Crippen LogP contribution in [0.1, 0.15) is 28.7 Å². The zero-order valence-corrected chi connectivity index (χ0v) is 32.5. The highest BCUT2D eigenvalue weighted by atomic mass is 31.2. The molecule has 0 saturated carbocycles. The second-order valence-corrected chi connectivity index (χ2v) is 14.8. The Bertz CT molecular complexity index is 1940. The maximum Gasteiger partial charge on any atom is 0.475 e. The number of benzene rings is 5. The van der Waals surface area contributed by atoms with Gasteiger partial charge in [-0.2, -0.15) is 0 Å². The van der Waals surface area contributed by atoms with E-state index in [0.29, 0.717) is 11.5 Å². The monoisotopic (exact) mass is 795 g/mol. The second-order valence-electron chi connectivity index (χ2n) is 13.2. The highest BCUT2D eigenvalue weighted by Gasteiger charge is 2.45. The van der Waals surface area contributed by atoms with Crippen molar-refractivity contribution >= 4 is 19.9 Å². The van der Waals surface area contributed by atoms with Gasteiger partial charge in [-0.1, -0.05) is 121 Å². The van der Waals surface area contributed by atoms with Gasteiger partial charge in [0.1, 0.15) is 43.5 Å². The highest BCUT2D eigenvalue weighted by Crippen LogP contribution is 2.53. The van der Waals surface area contributed by atoms with Crippen molar-refractivity contribution in [3.63, 3.8) is 0 Å². The molecule has 1 unspecified atom stereocenters. The molecule has 4 atom stereocenters. The van der Waals surface area contributed by atoms with Crippen LogP contribution in [0, 0.1) is 0 Å². The summed E-state index contributed by atoms with van der Waals surface area (Å²) in [7, 11) is -2.83. The molecule has 1 fully saturated rings.